The van der Waals surface area contributed by atoms with Gasteiger partial charge in [0.1, 0.15) is 11.6 Å². The van der Waals surface area contributed by atoms with Gasteiger partial charge in [-0.2, -0.15) is 0 Å². The number of nitrogens with one attached hydrogen (secondary N) is 2. The maximum Gasteiger partial charge on any atom is 0.246 e. The molecule has 2 N–H and O–H groups in total. The Bertz CT molecular complexity index is 1200. The molecule has 4 fully saturated rings. The van der Waals surface area contributed by atoms with Gasteiger partial charge in [0.15, 0.2) is 0 Å². The lowest BCUT2D eigenvalue weighted by Crippen LogP contribution is -2.58. The van der Waals surface area contributed by atoms with Gasteiger partial charge >= 0.3 is 0 Å². The fourth-order valence-electron chi connectivity index (χ4n) is 7.56. The van der Waals surface area contributed by atoms with Crippen molar-refractivity contribution in [2.45, 2.75) is 61.8 Å². The number of carbonyl (C=O) groups is 3. The van der Waals surface area contributed by atoms with Crippen molar-refractivity contribution in [2.24, 2.45) is 23.7 Å². The van der Waals surface area contributed by atoms with E-state index in [-0.39, 0.29) is 23.8 Å². The topological polar surface area (TPSA) is 100 Å². The van der Waals surface area contributed by atoms with Crippen LogP contribution in [0.15, 0.2) is 41.3 Å². The predicted molar refractivity (Wildman–Crippen MR) is 157 cm³/mol. The number of nitrogens with zero attached hydrogens (tertiary/aromatic N) is 2. The monoisotopic (exact) mass is 582 g/mol. The second-order valence-electron chi connectivity index (χ2n) is 12.3. The van der Waals surface area contributed by atoms with Crippen LogP contribution < -0.4 is 10.6 Å². The molecule has 222 valence electrons. The highest BCUT2D eigenvalue weighted by Gasteiger charge is 2.72. The molecule has 4 aliphatic heterocycles. The van der Waals surface area contributed by atoms with Crippen molar-refractivity contribution in [1.82, 2.24) is 15.1 Å². The molecule has 1 spiro atoms. The molecule has 3 amide bonds. The molecule has 1 aromatic carbocycles. The number of fused-ring (bicyclic) bond motifs is 1. The number of anilines is 1. The normalized spacial score (nSPS) is 36.4. The minimum Gasteiger partial charge on any atom is -0.379 e. The summed E-state index contributed by atoms with van der Waals surface area (Å²) in [7, 11) is 0. The van der Waals surface area contributed by atoms with Crippen LogP contribution >= 0.6 is 11.8 Å². The zero-order chi connectivity index (χ0) is 28.7. The summed E-state index contributed by atoms with van der Waals surface area (Å²) in [6, 6.07) is 6.92. The number of benzene rings is 1. The number of likely N-dealkylation sites (tertiary alicyclic amines) is 1. The third kappa shape index (κ3) is 5.21. The van der Waals surface area contributed by atoms with E-state index in [1.54, 1.807) is 16.7 Å². The van der Waals surface area contributed by atoms with E-state index in [0.717, 1.165) is 37.2 Å². The first-order valence-corrected chi connectivity index (χ1v) is 16.3. The van der Waals surface area contributed by atoms with Crippen LogP contribution in [-0.4, -0.2) is 97.0 Å². The molecule has 0 radical (unpaired) electrons. The average molecular weight is 583 g/mol. The van der Waals surface area contributed by atoms with Gasteiger partial charge in [0.2, 0.25) is 17.7 Å². The third-order valence-electron chi connectivity index (χ3n) is 10.1. The van der Waals surface area contributed by atoms with Crippen molar-refractivity contribution >= 4 is 35.2 Å². The number of ether oxygens (including phenoxy) is 2. The summed E-state index contributed by atoms with van der Waals surface area (Å²) in [6.45, 7) is 8.41. The molecule has 0 aromatic heterocycles. The molecule has 10 heteroatoms. The number of hydrogen-bond donors (Lipinski definition) is 2. The third-order valence-corrected chi connectivity index (χ3v) is 10.8. The van der Waals surface area contributed by atoms with Gasteiger partial charge in [-0.25, -0.2) is 0 Å². The lowest BCUT2D eigenvalue weighted by atomic mass is 9.73. The van der Waals surface area contributed by atoms with Gasteiger partial charge in [-0.3, -0.25) is 19.3 Å². The van der Waals surface area contributed by atoms with E-state index in [4.69, 9.17) is 9.47 Å². The lowest BCUT2D eigenvalue weighted by molar-refractivity contribution is -0.142. The quantitative estimate of drug-likeness (QED) is 0.359. The van der Waals surface area contributed by atoms with Gasteiger partial charge in [0, 0.05) is 42.8 Å². The number of amides is 3. The highest BCUT2D eigenvalue weighted by Crippen LogP contribution is 2.55. The Morgan fingerprint density at radius 2 is 1.93 bits per heavy atom. The van der Waals surface area contributed by atoms with E-state index in [2.05, 4.69) is 29.4 Å². The van der Waals surface area contributed by atoms with Gasteiger partial charge in [-0.15, -0.1) is 11.8 Å². The molecule has 1 aliphatic carbocycles. The summed E-state index contributed by atoms with van der Waals surface area (Å²) in [5.74, 6) is -1.17. The number of thioether (sulfide) groups is 1. The number of rotatable bonds is 8. The molecule has 3 saturated heterocycles. The van der Waals surface area contributed by atoms with Crippen molar-refractivity contribution in [2.75, 3.05) is 51.0 Å². The maximum absolute atomic E-state index is 14.2. The van der Waals surface area contributed by atoms with Crippen LogP contribution in [0.1, 0.15) is 33.1 Å². The molecule has 0 unspecified atom stereocenters. The summed E-state index contributed by atoms with van der Waals surface area (Å²) < 4.78 is 12.0. The molecular formula is C31H42N4O5S. The Morgan fingerprint density at radius 3 is 2.71 bits per heavy atom. The second kappa shape index (κ2) is 11.7. The van der Waals surface area contributed by atoms with Crippen LogP contribution in [0.5, 0.6) is 0 Å². The summed E-state index contributed by atoms with van der Waals surface area (Å²) in [5, 5.41) is 6.37. The number of morpholine rings is 1. The van der Waals surface area contributed by atoms with E-state index in [0.29, 0.717) is 43.8 Å². The van der Waals surface area contributed by atoms with E-state index < -0.39 is 29.6 Å². The van der Waals surface area contributed by atoms with E-state index in [1.807, 2.05) is 42.7 Å². The average Bonchev–Trinajstić information content (AvgIpc) is 3.62. The maximum atomic E-state index is 14.2. The fraction of sp³-hybridized carbons (Fsp3) is 0.645. The summed E-state index contributed by atoms with van der Waals surface area (Å²) in [5.41, 5.74) is -0.462. The molecule has 8 atom stereocenters. The standard InChI is InChI=1S/C31H42N4O5S/c1-19-6-4-9-23(20(19)2)33-29(37)27-31-11-10-24(40-31)25(28(36)32-21-7-5-8-22(18-21)41-3)26(31)30(38)35(27)13-12-34-14-16-39-17-15-34/h5,7-8,10-11,18-20,23-27H,4,6,9,12-17H2,1-3H3,(H,32,36)(H,33,37)/t19-,20-,23+,24-,25+,26-,27-,31-/m0/s1. The fourth-order valence-corrected chi connectivity index (χ4v) is 8.02. The minimum absolute atomic E-state index is 0.0586. The van der Waals surface area contributed by atoms with E-state index >= 15 is 0 Å². The Hall–Kier alpha value is -2.40. The van der Waals surface area contributed by atoms with Crippen molar-refractivity contribution in [1.29, 1.82) is 0 Å². The first-order valence-electron chi connectivity index (χ1n) is 15.1. The van der Waals surface area contributed by atoms with Gasteiger partial charge in [0.05, 0.1) is 31.2 Å². The van der Waals surface area contributed by atoms with Crippen LogP contribution in [-0.2, 0) is 23.9 Å². The van der Waals surface area contributed by atoms with Crippen molar-refractivity contribution < 1.29 is 23.9 Å². The van der Waals surface area contributed by atoms with Crippen molar-refractivity contribution in [3.63, 3.8) is 0 Å². The smallest absolute Gasteiger partial charge is 0.246 e. The summed E-state index contributed by atoms with van der Waals surface area (Å²) in [6.07, 6.45) is 8.39. The Balaban J connectivity index is 1.27. The Labute approximate surface area is 246 Å². The molecule has 1 saturated carbocycles. The minimum atomic E-state index is -1.15. The molecular weight excluding hydrogens is 540 g/mol. The largest absolute Gasteiger partial charge is 0.379 e. The number of carbonyl (C=O) groups excluding carboxylic acids is 3. The molecule has 2 bridgehead atoms. The molecule has 4 heterocycles. The van der Waals surface area contributed by atoms with Crippen LogP contribution in [0.25, 0.3) is 0 Å². The van der Waals surface area contributed by atoms with Crippen LogP contribution in [0.3, 0.4) is 0 Å². The molecule has 6 rings (SSSR count). The van der Waals surface area contributed by atoms with Gasteiger partial charge < -0.3 is 25.0 Å². The van der Waals surface area contributed by atoms with Crippen LogP contribution in [0, 0.1) is 23.7 Å². The Morgan fingerprint density at radius 1 is 1.12 bits per heavy atom. The first-order chi connectivity index (χ1) is 19.8. The highest BCUT2D eigenvalue weighted by atomic mass is 32.2. The van der Waals surface area contributed by atoms with Gasteiger partial charge in [-0.1, -0.05) is 44.9 Å². The highest BCUT2D eigenvalue weighted by molar-refractivity contribution is 7.98. The lowest BCUT2D eigenvalue weighted by Gasteiger charge is -2.38. The molecule has 1 aromatic rings. The molecule has 41 heavy (non-hydrogen) atoms. The van der Waals surface area contributed by atoms with Crippen LogP contribution in [0.2, 0.25) is 0 Å². The zero-order valence-corrected chi connectivity index (χ0v) is 25.0. The van der Waals surface area contributed by atoms with E-state index in [1.165, 1.54) is 0 Å². The molecule has 5 aliphatic rings. The van der Waals surface area contributed by atoms with Gasteiger partial charge in [-0.05, 0) is 42.7 Å². The number of hydrogen-bond acceptors (Lipinski definition) is 7. The first kappa shape index (κ1) is 28.7. The van der Waals surface area contributed by atoms with Gasteiger partial charge in [0.25, 0.3) is 0 Å². The van der Waals surface area contributed by atoms with Crippen molar-refractivity contribution in [3.8, 4) is 0 Å². The summed E-state index contributed by atoms with van der Waals surface area (Å²) >= 11 is 1.60. The molecule has 9 nitrogen and oxygen atoms in total. The van der Waals surface area contributed by atoms with Crippen molar-refractivity contribution in [3.05, 3.63) is 36.4 Å². The zero-order valence-electron chi connectivity index (χ0n) is 24.2. The SMILES string of the molecule is CSc1cccc(NC(=O)[C@@H]2[C@@H]3C=C[C@]4(O3)[C@@H]2C(=O)N(CCN2CCOCC2)[C@H]4C(=O)N[C@@H]2CCC[C@H](C)[C@@H]2C)c1. The van der Waals surface area contributed by atoms with Crippen LogP contribution in [0.4, 0.5) is 5.69 Å². The summed E-state index contributed by atoms with van der Waals surface area (Å²) in [4.78, 5) is 47.2. The second-order valence-corrected chi connectivity index (χ2v) is 13.2. The Kier molecular flexibility index (Phi) is 8.19. The van der Waals surface area contributed by atoms with E-state index in [9.17, 15) is 14.4 Å². The predicted octanol–water partition coefficient (Wildman–Crippen LogP) is 2.77.